The van der Waals surface area contributed by atoms with Gasteiger partial charge in [0.2, 0.25) is 17.6 Å². The van der Waals surface area contributed by atoms with E-state index in [2.05, 4.69) is 26.8 Å². The van der Waals surface area contributed by atoms with E-state index in [1.807, 2.05) is 30.3 Å². The molecule has 4 aromatic rings. The minimum Gasteiger partial charge on any atom is -0.461 e. The summed E-state index contributed by atoms with van der Waals surface area (Å²) in [6, 6.07) is 11.7. The maximum atomic E-state index is 12.7. The van der Waals surface area contributed by atoms with Crippen LogP contribution < -0.4 is 0 Å². The van der Waals surface area contributed by atoms with Crippen LogP contribution in [0.15, 0.2) is 57.8 Å². The average Bonchev–Trinajstić information content (AvgIpc) is 3.35. The Labute approximate surface area is 155 Å². The Balaban J connectivity index is 1.25. The van der Waals surface area contributed by atoms with Gasteiger partial charge in [-0.1, -0.05) is 23.4 Å². The van der Waals surface area contributed by atoms with Crippen molar-refractivity contribution in [2.24, 2.45) is 7.05 Å². The highest BCUT2D eigenvalue weighted by Gasteiger charge is 2.35. The van der Waals surface area contributed by atoms with Crippen molar-refractivity contribution >= 4 is 16.8 Å². The van der Waals surface area contributed by atoms with Crippen LogP contribution >= 0.6 is 0 Å². The van der Waals surface area contributed by atoms with Crippen molar-refractivity contribution in [3.05, 3.63) is 60.3 Å². The smallest absolute Gasteiger partial charge is 0.238 e. The predicted octanol–water partition coefficient (Wildman–Crippen LogP) is 2.99. The van der Waals surface area contributed by atoms with Gasteiger partial charge in [0.1, 0.15) is 0 Å². The van der Waals surface area contributed by atoms with Crippen LogP contribution in [-0.2, 0) is 18.3 Å². The van der Waals surface area contributed by atoms with Crippen LogP contribution in [0.25, 0.3) is 22.5 Å². The van der Waals surface area contributed by atoms with Gasteiger partial charge in [0.15, 0.2) is 5.76 Å². The molecule has 4 heterocycles. The van der Waals surface area contributed by atoms with Gasteiger partial charge in [-0.3, -0.25) is 4.79 Å². The minimum atomic E-state index is 0.0812. The molecule has 0 aliphatic carbocycles. The van der Waals surface area contributed by atoms with E-state index in [0.717, 1.165) is 16.5 Å². The molecule has 1 aliphatic rings. The normalized spacial score (nSPS) is 14.6. The largest absolute Gasteiger partial charge is 0.461 e. The van der Waals surface area contributed by atoms with Gasteiger partial charge in [-0.2, -0.15) is 4.98 Å². The number of hydrogen-bond acceptors (Lipinski definition) is 5. The number of aryl methyl sites for hydroxylation is 1. The SMILES string of the molecule is Cn1cc(CC(=O)N2CC(c3nc(-c4ccco4)no3)C2)c2ccccc21. The van der Waals surface area contributed by atoms with Crippen LogP contribution in [0.3, 0.4) is 0 Å². The van der Waals surface area contributed by atoms with Crippen LogP contribution in [0, 0.1) is 0 Å². The minimum absolute atomic E-state index is 0.0812. The zero-order chi connectivity index (χ0) is 18.4. The highest BCUT2D eigenvalue weighted by Crippen LogP contribution is 2.29. The Morgan fingerprint density at radius 3 is 2.89 bits per heavy atom. The van der Waals surface area contributed by atoms with E-state index in [1.54, 1.807) is 18.4 Å². The Kier molecular flexibility index (Phi) is 3.60. The van der Waals surface area contributed by atoms with Crippen LogP contribution in [0.4, 0.5) is 0 Å². The molecule has 5 rings (SSSR count). The fraction of sp³-hybridized carbons (Fsp3) is 0.250. The number of rotatable bonds is 4. The first-order valence-corrected chi connectivity index (χ1v) is 8.87. The van der Waals surface area contributed by atoms with Gasteiger partial charge in [-0.05, 0) is 23.8 Å². The van der Waals surface area contributed by atoms with Crippen LogP contribution in [0.5, 0.6) is 0 Å². The molecule has 0 saturated carbocycles. The third-order valence-corrected chi connectivity index (χ3v) is 5.09. The fourth-order valence-electron chi connectivity index (χ4n) is 3.59. The average molecular weight is 362 g/mol. The van der Waals surface area contributed by atoms with E-state index in [-0.39, 0.29) is 11.8 Å². The second-order valence-electron chi connectivity index (χ2n) is 6.89. The quantitative estimate of drug-likeness (QED) is 0.558. The molecule has 1 aromatic carbocycles. The molecule has 1 saturated heterocycles. The number of hydrogen-bond donors (Lipinski definition) is 0. The summed E-state index contributed by atoms with van der Waals surface area (Å²) in [7, 11) is 2.00. The van der Waals surface area contributed by atoms with Gasteiger partial charge in [-0.15, -0.1) is 0 Å². The Hall–Kier alpha value is -3.35. The zero-order valence-electron chi connectivity index (χ0n) is 14.8. The van der Waals surface area contributed by atoms with E-state index in [1.165, 1.54) is 0 Å². The molecule has 0 N–H and O–H groups in total. The Bertz CT molecular complexity index is 1100. The lowest BCUT2D eigenvalue weighted by atomic mass is 9.98. The summed E-state index contributed by atoms with van der Waals surface area (Å²) in [6.07, 6.45) is 4.01. The maximum absolute atomic E-state index is 12.7. The number of amides is 1. The number of fused-ring (bicyclic) bond motifs is 1. The number of likely N-dealkylation sites (tertiary alicyclic amines) is 1. The molecule has 7 heteroatoms. The summed E-state index contributed by atoms with van der Waals surface area (Å²) >= 11 is 0. The molecule has 0 bridgehead atoms. The van der Waals surface area contributed by atoms with Crippen LogP contribution in [-0.4, -0.2) is 38.6 Å². The van der Waals surface area contributed by atoms with E-state index in [0.29, 0.717) is 37.0 Å². The lowest BCUT2D eigenvalue weighted by Crippen LogP contribution is -2.49. The van der Waals surface area contributed by atoms with Gasteiger partial charge < -0.3 is 18.4 Å². The molecule has 27 heavy (non-hydrogen) atoms. The molecule has 0 radical (unpaired) electrons. The van der Waals surface area contributed by atoms with Gasteiger partial charge in [-0.25, -0.2) is 0 Å². The predicted molar refractivity (Wildman–Crippen MR) is 97.9 cm³/mol. The molecule has 0 atom stereocenters. The summed E-state index contributed by atoms with van der Waals surface area (Å²) < 4.78 is 12.7. The van der Waals surface area contributed by atoms with Crippen molar-refractivity contribution in [1.82, 2.24) is 19.6 Å². The van der Waals surface area contributed by atoms with E-state index >= 15 is 0 Å². The Morgan fingerprint density at radius 1 is 1.22 bits per heavy atom. The third kappa shape index (κ3) is 2.71. The molecule has 3 aromatic heterocycles. The number of para-hydroxylation sites is 1. The highest BCUT2D eigenvalue weighted by molar-refractivity contribution is 5.89. The van der Waals surface area contributed by atoms with Gasteiger partial charge >= 0.3 is 0 Å². The van der Waals surface area contributed by atoms with E-state index in [9.17, 15) is 4.79 Å². The van der Waals surface area contributed by atoms with Crippen molar-refractivity contribution in [2.75, 3.05) is 13.1 Å². The van der Waals surface area contributed by atoms with E-state index < -0.39 is 0 Å². The first-order valence-electron chi connectivity index (χ1n) is 8.87. The maximum Gasteiger partial charge on any atom is 0.238 e. The van der Waals surface area contributed by atoms with Crippen LogP contribution in [0.2, 0.25) is 0 Å². The van der Waals surface area contributed by atoms with Crippen molar-refractivity contribution in [2.45, 2.75) is 12.3 Å². The number of furan rings is 1. The number of benzene rings is 1. The molecule has 0 unspecified atom stereocenters. The molecule has 1 amide bonds. The van der Waals surface area contributed by atoms with Gasteiger partial charge in [0.25, 0.3) is 0 Å². The van der Waals surface area contributed by atoms with Crippen molar-refractivity contribution in [3.8, 4) is 11.6 Å². The van der Waals surface area contributed by atoms with Crippen LogP contribution in [0.1, 0.15) is 17.4 Å². The van der Waals surface area contributed by atoms with Crippen molar-refractivity contribution in [3.63, 3.8) is 0 Å². The number of nitrogens with zero attached hydrogens (tertiary/aromatic N) is 4. The number of carbonyl (C=O) groups excluding carboxylic acids is 1. The van der Waals surface area contributed by atoms with E-state index in [4.69, 9.17) is 8.94 Å². The topological polar surface area (TPSA) is 77.3 Å². The van der Waals surface area contributed by atoms with Crippen molar-refractivity contribution in [1.29, 1.82) is 0 Å². The van der Waals surface area contributed by atoms with Crippen molar-refractivity contribution < 1.29 is 13.7 Å². The summed E-state index contributed by atoms with van der Waals surface area (Å²) in [4.78, 5) is 18.9. The summed E-state index contributed by atoms with van der Waals surface area (Å²) in [5.74, 6) is 1.77. The second-order valence-corrected chi connectivity index (χ2v) is 6.89. The summed E-state index contributed by atoms with van der Waals surface area (Å²) in [6.45, 7) is 1.20. The monoisotopic (exact) mass is 362 g/mol. The molecular formula is C20H18N4O3. The standard InChI is InChI=1S/C20H18N4O3/c1-23-10-13(15-5-2-3-6-16(15)23)9-18(25)24-11-14(12-24)20-21-19(22-27-20)17-7-4-8-26-17/h2-8,10,14H,9,11-12H2,1H3. The summed E-state index contributed by atoms with van der Waals surface area (Å²) in [5, 5.41) is 5.08. The molecule has 1 fully saturated rings. The fourth-order valence-corrected chi connectivity index (χ4v) is 3.59. The van der Waals surface area contributed by atoms with Gasteiger partial charge in [0.05, 0.1) is 18.6 Å². The number of carbonyl (C=O) groups is 1. The highest BCUT2D eigenvalue weighted by atomic mass is 16.5. The third-order valence-electron chi connectivity index (χ3n) is 5.09. The summed E-state index contributed by atoms with van der Waals surface area (Å²) in [5.41, 5.74) is 2.19. The molecule has 7 nitrogen and oxygen atoms in total. The molecule has 136 valence electrons. The second kappa shape index (κ2) is 6.12. The molecule has 1 aliphatic heterocycles. The first-order chi connectivity index (χ1) is 13.2. The molecule has 0 spiro atoms. The molecular weight excluding hydrogens is 344 g/mol. The Morgan fingerprint density at radius 2 is 2.07 bits per heavy atom. The lowest BCUT2D eigenvalue weighted by molar-refractivity contribution is -0.135. The lowest BCUT2D eigenvalue weighted by Gasteiger charge is -2.37. The number of aromatic nitrogens is 3. The zero-order valence-corrected chi connectivity index (χ0v) is 14.8. The first kappa shape index (κ1) is 15.9. The van der Waals surface area contributed by atoms with Gasteiger partial charge in [0, 0.05) is 37.2 Å².